The third-order valence-electron chi connectivity index (χ3n) is 4.84. The van der Waals surface area contributed by atoms with Gasteiger partial charge in [0.15, 0.2) is 0 Å². The Labute approximate surface area is 200 Å². The summed E-state index contributed by atoms with van der Waals surface area (Å²) in [6.45, 7) is -2.18. The largest absolute Gasteiger partial charge is 0.507 e. The van der Waals surface area contributed by atoms with Crippen LogP contribution >= 0.6 is 0 Å². The van der Waals surface area contributed by atoms with Gasteiger partial charge in [-0.05, 0) is 54.6 Å². The van der Waals surface area contributed by atoms with Gasteiger partial charge in [0.1, 0.15) is 17.1 Å². The number of hydrogen-bond donors (Lipinski definition) is 6. The topological polar surface area (TPSA) is 194 Å². The van der Waals surface area contributed by atoms with E-state index in [9.17, 15) is 33.6 Å². The molecule has 0 bridgehead atoms. The number of aromatic hydroxyl groups is 1. The lowest BCUT2D eigenvalue weighted by Crippen LogP contribution is -2.57. The molecule has 0 radical (unpaired) electrons. The maximum absolute atomic E-state index is 12.5. The maximum Gasteiger partial charge on any atom is 0.263 e. The second-order valence-corrected chi connectivity index (χ2v) is 9.11. The minimum atomic E-state index is -3.85. The normalized spacial score (nSPS) is 12.0. The first kappa shape index (κ1) is 25.7. The van der Waals surface area contributed by atoms with Gasteiger partial charge >= 0.3 is 0 Å². The van der Waals surface area contributed by atoms with E-state index in [1.54, 1.807) is 12.1 Å². The molecule has 0 aliphatic carbocycles. The molecular weight excluding hydrogens is 478 g/mol. The molecule has 0 saturated carbocycles. The lowest BCUT2D eigenvalue weighted by atomic mass is 10.0. The number of azo groups is 1. The van der Waals surface area contributed by atoms with Crippen LogP contribution in [0.15, 0.2) is 82.0 Å². The van der Waals surface area contributed by atoms with E-state index in [-0.39, 0.29) is 27.7 Å². The molecule has 6 N–H and O–H groups in total. The predicted molar refractivity (Wildman–Crippen MR) is 125 cm³/mol. The van der Waals surface area contributed by atoms with E-state index in [0.29, 0.717) is 5.69 Å². The molecular formula is C22H23N5O7S. The highest BCUT2D eigenvalue weighted by Gasteiger charge is 2.31. The number of amides is 1. The van der Waals surface area contributed by atoms with Crippen molar-refractivity contribution >= 4 is 33.1 Å². The Morgan fingerprint density at radius 2 is 1.54 bits per heavy atom. The number of pyridine rings is 1. The van der Waals surface area contributed by atoms with Gasteiger partial charge in [-0.1, -0.05) is 6.07 Å². The van der Waals surface area contributed by atoms with E-state index in [1.807, 2.05) is 0 Å². The van der Waals surface area contributed by atoms with Crippen LogP contribution in [-0.4, -0.2) is 65.1 Å². The monoisotopic (exact) mass is 501 g/mol. The second kappa shape index (κ2) is 11.0. The van der Waals surface area contributed by atoms with E-state index in [4.69, 9.17) is 0 Å². The molecule has 0 aliphatic heterocycles. The van der Waals surface area contributed by atoms with Gasteiger partial charge in [-0.3, -0.25) is 9.52 Å². The molecule has 1 amide bonds. The van der Waals surface area contributed by atoms with Crippen LogP contribution in [0, 0.1) is 0 Å². The molecule has 3 aromatic rings. The number of nitrogens with zero attached hydrogens (tertiary/aromatic N) is 3. The van der Waals surface area contributed by atoms with Crippen LogP contribution in [0.25, 0.3) is 0 Å². The Morgan fingerprint density at radius 3 is 2.14 bits per heavy atom. The summed E-state index contributed by atoms with van der Waals surface area (Å²) in [5, 5.41) is 48.4. The van der Waals surface area contributed by atoms with Crippen LogP contribution < -0.4 is 10.0 Å². The van der Waals surface area contributed by atoms with Gasteiger partial charge in [-0.25, -0.2) is 13.4 Å². The number of aliphatic hydroxyl groups excluding tert-OH is 3. The number of phenolic OH excluding ortho intramolecular Hbond substituents is 1. The maximum atomic E-state index is 12.5. The summed E-state index contributed by atoms with van der Waals surface area (Å²) in [6, 6.07) is 14.2. The molecule has 2 aromatic carbocycles. The van der Waals surface area contributed by atoms with E-state index >= 15 is 0 Å². The first-order chi connectivity index (χ1) is 16.7. The summed E-state index contributed by atoms with van der Waals surface area (Å²) in [5.74, 6) is -1.07. The van der Waals surface area contributed by atoms with Crippen molar-refractivity contribution in [1.82, 2.24) is 10.3 Å². The van der Waals surface area contributed by atoms with Crippen LogP contribution in [0.5, 0.6) is 5.75 Å². The number of anilines is 1. The second-order valence-electron chi connectivity index (χ2n) is 7.42. The number of rotatable bonds is 10. The fraction of sp³-hybridized carbons (Fsp3) is 0.182. The summed E-state index contributed by atoms with van der Waals surface area (Å²) in [4.78, 5) is 16.4. The molecule has 1 heterocycles. The molecule has 184 valence electrons. The van der Waals surface area contributed by atoms with Gasteiger partial charge in [0.25, 0.3) is 15.9 Å². The van der Waals surface area contributed by atoms with Gasteiger partial charge in [-0.2, -0.15) is 10.2 Å². The summed E-state index contributed by atoms with van der Waals surface area (Å²) >= 11 is 0. The molecule has 13 heteroatoms. The SMILES string of the molecule is O=C(NC(CO)(CO)CO)c1cc(N=Nc2ccc(S(=O)(=O)Nc3ccccn3)cc2)ccc1O. The van der Waals surface area contributed by atoms with E-state index in [2.05, 4.69) is 25.3 Å². The predicted octanol–water partition coefficient (Wildman–Crippen LogP) is 1.45. The molecule has 0 aliphatic rings. The van der Waals surface area contributed by atoms with Crippen molar-refractivity contribution in [2.45, 2.75) is 10.4 Å². The van der Waals surface area contributed by atoms with Crippen LogP contribution in [0.2, 0.25) is 0 Å². The fourth-order valence-electron chi connectivity index (χ4n) is 2.77. The molecule has 35 heavy (non-hydrogen) atoms. The van der Waals surface area contributed by atoms with Crippen LogP contribution in [0.1, 0.15) is 10.4 Å². The zero-order valence-corrected chi connectivity index (χ0v) is 19.1. The van der Waals surface area contributed by atoms with Gasteiger partial charge in [0.2, 0.25) is 0 Å². The molecule has 3 rings (SSSR count). The number of aliphatic hydroxyl groups is 3. The van der Waals surface area contributed by atoms with E-state index in [0.717, 1.165) is 0 Å². The average Bonchev–Trinajstić information content (AvgIpc) is 2.87. The van der Waals surface area contributed by atoms with Gasteiger partial charge in [0, 0.05) is 6.20 Å². The highest BCUT2D eigenvalue weighted by atomic mass is 32.2. The van der Waals surface area contributed by atoms with Crippen LogP contribution in [0.3, 0.4) is 0 Å². The zero-order valence-electron chi connectivity index (χ0n) is 18.2. The summed E-state index contributed by atoms with van der Waals surface area (Å²) in [6.07, 6.45) is 1.46. The van der Waals surface area contributed by atoms with Crippen molar-refractivity contribution in [3.63, 3.8) is 0 Å². The number of hydrogen-bond acceptors (Lipinski definition) is 10. The first-order valence-corrected chi connectivity index (χ1v) is 11.6. The third kappa shape index (κ3) is 6.36. The molecule has 0 unspecified atom stereocenters. The van der Waals surface area contributed by atoms with Gasteiger partial charge < -0.3 is 25.7 Å². The Morgan fingerprint density at radius 1 is 0.914 bits per heavy atom. The van der Waals surface area contributed by atoms with E-state index < -0.39 is 41.3 Å². The van der Waals surface area contributed by atoms with Crippen molar-refractivity contribution in [2.75, 3.05) is 24.5 Å². The molecule has 1 aromatic heterocycles. The van der Waals surface area contributed by atoms with Crippen molar-refractivity contribution in [2.24, 2.45) is 10.2 Å². The lowest BCUT2D eigenvalue weighted by molar-refractivity contribution is 0.0374. The minimum absolute atomic E-state index is 0.00849. The fourth-order valence-corrected chi connectivity index (χ4v) is 3.78. The molecule has 0 atom stereocenters. The summed E-state index contributed by atoms with van der Waals surface area (Å²) in [5.41, 5.74) is -1.39. The first-order valence-electron chi connectivity index (χ1n) is 10.2. The van der Waals surface area contributed by atoms with E-state index in [1.165, 1.54) is 54.7 Å². The summed E-state index contributed by atoms with van der Waals surface area (Å²) < 4.78 is 27.3. The summed E-state index contributed by atoms with van der Waals surface area (Å²) in [7, 11) is -3.85. The molecule has 0 spiro atoms. The number of sulfonamides is 1. The van der Waals surface area contributed by atoms with Crippen molar-refractivity contribution in [3.8, 4) is 5.75 Å². The number of aromatic nitrogens is 1. The van der Waals surface area contributed by atoms with Crippen LogP contribution in [-0.2, 0) is 10.0 Å². The Balaban J connectivity index is 1.75. The highest BCUT2D eigenvalue weighted by Crippen LogP contribution is 2.26. The smallest absolute Gasteiger partial charge is 0.263 e. The minimum Gasteiger partial charge on any atom is -0.507 e. The Kier molecular flexibility index (Phi) is 8.09. The van der Waals surface area contributed by atoms with Gasteiger partial charge in [-0.15, -0.1) is 0 Å². The van der Waals surface area contributed by atoms with Gasteiger partial charge in [0.05, 0.1) is 41.7 Å². The highest BCUT2D eigenvalue weighted by molar-refractivity contribution is 7.92. The van der Waals surface area contributed by atoms with Crippen molar-refractivity contribution in [3.05, 3.63) is 72.4 Å². The number of benzene rings is 2. The van der Waals surface area contributed by atoms with Crippen LogP contribution in [0.4, 0.5) is 17.2 Å². The third-order valence-corrected chi connectivity index (χ3v) is 6.21. The number of nitrogens with one attached hydrogen (secondary N) is 2. The standard InChI is InChI=1S/C22H23N5O7S/c28-12-22(13-29,14-30)24-21(32)18-11-16(6-9-19(18)31)26-25-15-4-7-17(8-5-15)35(33,34)27-20-3-1-2-10-23-20/h1-11,28-31H,12-14H2,(H,23,27)(H,24,32). The molecule has 0 saturated heterocycles. The number of carbonyl (C=O) groups is 1. The Bertz CT molecular complexity index is 1290. The molecule has 12 nitrogen and oxygen atoms in total. The zero-order chi connectivity index (χ0) is 25.5. The average molecular weight is 502 g/mol. The molecule has 0 fully saturated rings. The number of phenols is 1. The van der Waals surface area contributed by atoms with Crippen molar-refractivity contribution < 1.29 is 33.6 Å². The Hall–Kier alpha value is -3.91. The lowest BCUT2D eigenvalue weighted by Gasteiger charge is -2.28. The van der Waals surface area contributed by atoms with Crippen molar-refractivity contribution in [1.29, 1.82) is 0 Å². The number of carbonyl (C=O) groups excluding carboxylic acids is 1. The quantitative estimate of drug-likeness (QED) is 0.225.